The van der Waals surface area contributed by atoms with Crippen LogP contribution in [-0.4, -0.2) is 23.7 Å². The zero-order valence-electron chi connectivity index (χ0n) is 9.64. The second kappa shape index (κ2) is 4.22. The van der Waals surface area contributed by atoms with Gasteiger partial charge in [-0.3, -0.25) is 4.79 Å². The lowest BCUT2D eigenvalue weighted by atomic mass is 9.88. The van der Waals surface area contributed by atoms with Crippen molar-refractivity contribution in [2.75, 3.05) is 13.2 Å². The van der Waals surface area contributed by atoms with E-state index in [4.69, 9.17) is 4.74 Å². The van der Waals surface area contributed by atoms with Crippen LogP contribution >= 0.6 is 0 Å². The summed E-state index contributed by atoms with van der Waals surface area (Å²) in [5.74, 6) is -0.0906. The molecule has 0 bridgehead atoms. The van der Waals surface area contributed by atoms with E-state index in [-0.39, 0.29) is 5.91 Å². The first-order valence-corrected chi connectivity index (χ1v) is 5.48. The van der Waals surface area contributed by atoms with Crippen LogP contribution in [0.1, 0.15) is 13.8 Å². The summed E-state index contributed by atoms with van der Waals surface area (Å²) in [4.78, 5) is 16.1. The van der Waals surface area contributed by atoms with Crippen LogP contribution in [0.3, 0.4) is 0 Å². The molecule has 16 heavy (non-hydrogen) atoms. The standard InChI is InChI=1S/C12H16N2O2/c1-3-14-7-5-4-6-10(14)13-11(15)12(2)8-16-9-12/h4-7H,3,8-9H2,1-2H3/b13-10+. The van der Waals surface area contributed by atoms with Gasteiger partial charge in [0.05, 0.1) is 18.6 Å². The summed E-state index contributed by atoms with van der Waals surface area (Å²) >= 11 is 0. The van der Waals surface area contributed by atoms with Crippen LogP contribution in [0.2, 0.25) is 0 Å². The van der Waals surface area contributed by atoms with Crippen LogP contribution < -0.4 is 5.49 Å². The van der Waals surface area contributed by atoms with Crippen LogP contribution in [0.15, 0.2) is 29.4 Å². The van der Waals surface area contributed by atoms with Gasteiger partial charge in [-0.2, -0.15) is 4.99 Å². The third-order valence-electron chi connectivity index (χ3n) is 2.83. The molecule has 2 heterocycles. The van der Waals surface area contributed by atoms with Crippen LogP contribution in [-0.2, 0) is 16.1 Å². The topological polar surface area (TPSA) is 43.6 Å². The van der Waals surface area contributed by atoms with Crippen LogP contribution in [0.4, 0.5) is 0 Å². The predicted octanol–water partition coefficient (Wildman–Crippen LogP) is 0.972. The molecular formula is C12H16N2O2. The number of hydrogen-bond donors (Lipinski definition) is 0. The molecule has 1 saturated heterocycles. The van der Waals surface area contributed by atoms with Gasteiger partial charge in [0.25, 0.3) is 5.91 Å². The van der Waals surface area contributed by atoms with E-state index in [1.54, 1.807) is 0 Å². The van der Waals surface area contributed by atoms with Crippen molar-refractivity contribution in [3.8, 4) is 0 Å². The number of aryl methyl sites for hydroxylation is 1. The molecule has 0 unspecified atom stereocenters. The number of hydrogen-bond acceptors (Lipinski definition) is 2. The second-order valence-electron chi connectivity index (χ2n) is 4.32. The number of ether oxygens (including phenoxy) is 1. The number of pyridine rings is 1. The van der Waals surface area contributed by atoms with E-state index in [1.165, 1.54) is 0 Å². The lowest BCUT2D eigenvalue weighted by Gasteiger charge is -2.34. The van der Waals surface area contributed by atoms with E-state index in [9.17, 15) is 4.79 Å². The molecule has 0 aromatic carbocycles. The van der Waals surface area contributed by atoms with Gasteiger partial charge in [-0.25, -0.2) is 0 Å². The second-order valence-corrected chi connectivity index (χ2v) is 4.32. The summed E-state index contributed by atoms with van der Waals surface area (Å²) in [6.45, 7) is 5.68. The molecule has 2 rings (SSSR count). The molecule has 4 heteroatoms. The number of nitrogens with zero attached hydrogens (tertiary/aromatic N) is 2. The van der Waals surface area contributed by atoms with Crippen molar-refractivity contribution in [3.63, 3.8) is 0 Å². The number of carbonyl (C=O) groups is 1. The van der Waals surface area contributed by atoms with E-state index in [0.29, 0.717) is 18.7 Å². The van der Waals surface area contributed by atoms with Gasteiger partial charge in [0.15, 0.2) is 0 Å². The molecule has 1 aliphatic rings. The first kappa shape index (κ1) is 11.1. The zero-order valence-corrected chi connectivity index (χ0v) is 9.64. The summed E-state index contributed by atoms with van der Waals surface area (Å²) in [5, 5.41) is 0. The Bertz CT molecular complexity index is 458. The predicted molar refractivity (Wildman–Crippen MR) is 59.6 cm³/mol. The minimum atomic E-state index is -0.415. The quantitative estimate of drug-likeness (QED) is 0.745. The Kier molecular flexibility index (Phi) is 2.92. The highest BCUT2D eigenvalue weighted by Crippen LogP contribution is 2.27. The Balaban J connectivity index is 2.32. The van der Waals surface area contributed by atoms with E-state index < -0.39 is 5.41 Å². The Morgan fingerprint density at radius 3 is 2.88 bits per heavy atom. The van der Waals surface area contributed by atoms with Crippen molar-refractivity contribution in [2.24, 2.45) is 10.4 Å². The van der Waals surface area contributed by atoms with Gasteiger partial charge in [0.2, 0.25) is 0 Å². The van der Waals surface area contributed by atoms with Gasteiger partial charge in [-0.15, -0.1) is 0 Å². The molecule has 1 aromatic heterocycles. The minimum absolute atomic E-state index is 0.0906. The minimum Gasteiger partial charge on any atom is -0.379 e. The number of carbonyl (C=O) groups excluding carboxylic acids is 1. The lowest BCUT2D eigenvalue weighted by Crippen LogP contribution is -2.46. The van der Waals surface area contributed by atoms with Crippen molar-refractivity contribution in [2.45, 2.75) is 20.4 Å². The van der Waals surface area contributed by atoms with Crippen molar-refractivity contribution < 1.29 is 9.53 Å². The average Bonchev–Trinajstić information content (AvgIpc) is 2.26. The zero-order chi connectivity index (χ0) is 11.6. The third kappa shape index (κ3) is 1.93. The van der Waals surface area contributed by atoms with Crippen molar-refractivity contribution in [1.82, 2.24) is 4.57 Å². The summed E-state index contributed by atoms with van der Waals surface area (Å²) in [7, 11) is 0. The fraction of sp³-hybridized carbons (Fsp3) is 0.500. The van der Waals surface area contributed by atoms with Crippen molar-refractivity contribution in [3.05, 3.63) is 29.9 Å². The highest BCUT2D eigenvalue weighted by Gasteiger charge is 2.40. The van der Waals surface area contributed by atoms with Gasteiger partial charge in [-0.05, 0) is 26.0 Å². The SMILES string of the molecule is CCn1cccc/c1=N\C(=O)C1(C)COC1. The van der Waals surface area contributed by atoms with Gasteiger partial charge in [-0.1, -0.05) is 6.07 Å². The van der Waals surface area contributed by atoms with E-state index in [1.807, 2.05) is 42.8 Å². The molecule has 0 saturated carbocycles. The fourth-order valence-corrected chi connectivity index (χ4v) is 1.61. The molecular weight excluding hydrogens is 204 g/mol. The number of aromatic nitrogens is 1. The molecule has 1 fully saturated rings. The van der Waals surface area contributed by atoms with Crippen LogP contribution in [0.25, 0.3) is 0 Å². The molecule has 1 aliphatic heterocycles. The van der Waals surface area contributed by atoms with E-state index >= 15 is 0 Å². The van der Waals surface area contributed by atoms with Gasteiger partial charge < -0.3 is 9.30 Å². The summed E-state index contributed by atoms with van der Waals surface area (Å²) < 4.78 is 7.01. The third-order valence-corrected chi connectivity index (χ3v) is 2.83. The number of rotatable bonds is 2. The highest BCUT2D eigenvalue weighted by molar-refractivity contribution is 5.84. The molecule has 1 amide bonds. The fourth-order valence-electron chi connectivity index (χ4n) is 1.61. The number of amides is 1. The normalized spacial score (nSPS) is 19.2. The first-order chi connectivity index (χ1) is 7.65. The van der Waals surface area contributed by atoms with E-state index in [2.05, 4.69) is 4.99 Å². The summed E-state index contributed by atoms with van der Waals surface area (Å²) in [6.07, 6.45) is 1.92. The smallest absolute Gasteiger partial charge is 0.258 e. The molecule has 4 nitrogen and oxygen atoms in total. The largest absolute Gasteiger partial charge is 0.379 e. The molecule has 0 radical (unpaired) electrons. The Morgan fingerprint density at radius 1 is 1.56 bits per heavy atom. The molecule has 1 aromatic rings. The maximum Gasteiger partial charge on any atom is 0.258 e. The first-order valence-electron chi connectivity index (χ1n) is 5.48. The Hall–Kier alpha value is -1.42. The lowest BCUT2D eigenvalue weighted by molar-refractivity contribution is -0.154. The van der Waals surface area contributed by atoms with Crippen molar-refractivity contribution >= 4 is 5.91 Å². The van der Waals surface area contributed by atoms with Crippen LogP contribution in [0, 0.1) is 5.41 Å². The van der Waals surface area contributed by atoms with Crippen molar-refractivity contribution in [1.29, 1.82) is 0 Å². The van der Waals surface area contributed by atoms with Crippen LogP contribution in [0.5, 0.6) is 0 Å². The van der Waals surface area contributed by atoms with Gasteiger partial charge in [0.1, 0.15) is 5.49 Å². The summed E-state index contributed by atoms with van der Waals surface area (Å²) in [5.41, 5.74) is 0.296. The Labute approximate surface area is 94.6 Å². The Morgan fingerprint density at radius 2 is 2.31 bits per heavy atom. The molecule has 0 atom stereocenters. The summed E-state index contributed by atoms with van der Waals surface area (Å²) in [6, 6.07) is 5.67. The molecule has 0 spiro atoms. The molecule has 0 N–H and O–H groups in total. The van der Waals surface area contributed by atoms with Gasteiger partial charge in [0, 0.05) is 12.7 Å². The molecule has 0 aliphatic carbocycles. The maximum atomic E-state index is 11.9. The van der Waals surface area contributed by atoms with E-state index in [0.717, 1.165) is 6.54 Å². The highest BCUT2D eigenvalue weighted by atomic mass is 16.5. The average molecular weight is 220 g/mol. The monoisotopic (exact) mass is 220 g/mol. The maximum absolute atomic E-state index is 11.9. The molecule has 86 valence electrons. The van der Waals surface area contributed by atoms with Gasteiger partial charge >= 0.3 is 0 Å².